The standard InChI is InChI=1S/C17H22N5O7P/c1-9(29-30(25)26)11-5-10(6-12(7-11)27-2)8-22-15-13(19-17(22)24)14(18)20-16(21-15)28-4-3-23/h5-7,9,23,30H,3-4,8H2,1-2H3,(H,19,24)(H,25,26)(H2,18,20,21). The highest BCUT2D eigenvalue weighted by atomic mass is 31.1. The molecule has 0 bridgehead atoms. The van der Waals surface area contributed by atoms with Crippen molar-refractivity contribution in [3.63, 3.8) is 0 Å². The minimum atomic E-state index is -3.12. The first-order chi connectivity index (χ1) is 14.3. The Morgan fingerprint density at radius 3 is 2.70 bits per heavy atom. The predicted octanol–water partition coefficient (Wildman–Crippen LogP) is 1.00. The van der Waals surface area contributed by atoms with E-state index in [1.165, 1.54) is 11.7 Å². The van der Waals surface area contributed by atoms with Crippen LogP contribution < -0.4 is 15.2 Å². The maximum Gasteiger partial charge on any atom is 0.320 e. The molecule has 5 N–H and O–H groups in total. The van der Waals surface area contributed by atoms with Gasteiger partial charge in [-0.05, 0) is 30.2 Å². The quantitative estimate of drug-likeness (QED) is 0.350. The number of hydrogen-bond acceptors (Lipinski definition) is 10. The van der Waals surface area contributed by atoms with Crippen LogP contribution in [0, 0.1) is 0 Å². The number of ether oxygens (including phenoxy) is 2. The number of nitrogen functional groups attached to an aromatic ring is 1. The van der Waals surface area contributed by atoms with Gasteiger partial charge in [-0.25, -0.2) is 0 Å². The van der Waals surface area contributed by atoms with Crippen LogP contribution in [0.15, 0.2) is 18.2 Å². The second kappa shape index (κ2) is 9.26. The molecule has 2 heterocycles. The summed E-state index contributed by atoms with van der Waals surface area (Å²) in [5, 5.41) is 19.2. The summed E-state index contributed by atoms with van der Waals surface area (Å²) < 4.78 is 28.0. The third-order valence-corrected chi connectivity index (χ3v) is 4.77. The molecule has 0 radical (unpaired) electrons. The molecule has 0 aliphatic rings. The number of hydrogen-bond donors (Lipinski definition) is 4. The van der Waals surface area contributed by atoms with E-state index in [-0.39, 0.29) is 48.8 Å². The Balaban J connectivity index is 2.01. The molecule has 0 amide bonds. The summed E-state index contributed by atoms with van der Waals surface area (Å²) in [6.45, 7) is 1.53. The highest BCUT2D eigenvalue weighted by Gasteiger charge is 2.18. The van der Waals surface area contributed by atoms with E-state index in [1.54, 1.807) is 25.1 Å². The number of benzene rings is 1. The zero-order chi connectivity index (χ0) is 21.8. The van der Waals surface area contributed by atoms with E-state index >= 15 is 0 Å². The number of methoxy groups -OCH3 is 1. The van der Waals surface area contributed by atoms with Crippen molar-refractivity contribution in [1.29, 1.82) is 0 Å². The molecule has 162 valence electrons. The fourth-order valence-corrected chi connectivity index (χ4v) is 3.31. The molecule has 0 aliphatic carbocycles. The monoisotopic (exact) mass is 439 g/mol. The molecule has 2 unspecified atom stereocenters. The van der Waals surface area contributed by atoms with Gasteiger partial charge in [-0.15, -0.1) is 0 Å². The molecule has 0 saturated carbocycles. The van der Waals surface area contributed by atoms with E-state index in [1.807, 2.05) is 0 Å². The highest BCUT2D eigenvalue weighted by Crippen LogP contribution is 2.32. The SMILES string of the molecule is COc1cc(Cn2c(O)nc3c(N)nc(OCCO)nc32)cc(C(C)O[PH](=O)O)c1. The Morgan fingerprint density at radius 2 is 2.03 bits per heavy atom. The van der Waals surface area contributed by atoms with Gasteiger partial charge in [-0.2, -0.15) is 15.0 Å². The molecule has 30 heavy (non-hydrogen) atoms. The smallest absolute Gasteiger partial charge is 0.320 e. The Bertz CT molecular complexity index is 1070. The van der Waals surface area contributed by atoms with Crippen LogP contribution in [-0.2, 0) is 15.6 Å². The lowest BCUT2D eigenvalue weighted by Crippen LogP contribution is -2.08. The number of aromatic nitrogens is 4. The normalized spacial score (nSPS) is 13.3. The zero-order valence-corrected chi connectivity index (χ0v) is 17.3. The number of anilines is 1. The van der Waals surface area contributed by atoms with Crippen LogP contribution in [0.2, 0.25) is 0 Å². The summed E-state index contributed by atoms with van der Waals surface area (Å²) in [4.78, 5) is 21.2. The van der Waals surface area contributed by atoms with Crippen molar-refractivity contribution in [1.82, 2.24) is 19.5 Å². The number of fused-ring (bicyclic) bond motifs is 1. The Morgan fingerprint density at radius 1 is 1.27 bits per heavy atom. The topological polar surface area (TPSA) is 175 Å². The van der Waals surface area contributed by atoms with Gasteiger partial charge in [-0.3, -0.25) is 9.13 Å². The molecule has 1 aromatic carbocycles. The Kier molecular flexibility index (Phi) is 6.73. The van der Waals surface area contributed by atoms with Gasteiger partial charge < -0.3 is 34.8 Å². The fourth-order valence-electron chi connectivity index (χ4n) is 2.87. The van der Waals surface area contributed by atoms with Crippen molar-refractivity contribution in [2.24, 2.45) is 0 Å². The molecule has 0 spiro atoms. The van der Waals surface area contributed by atoms with E-state index in [9.17, 15) is 9.67 Å². The van der Waals surface area contributed by atoms with Crippen molar-refractivity contribution in [3.05, 3.63) is 29.3 Å². The minimum absolute atomic E-state index is 0.0170. The summed E-state index contributed by atoms with van der Waals surface area (Å²) in [7, 11) is -1.63. The summed E-state index contributed by atoms with van der Waals surface area (Å²) >= 11 is 0. The van der Waals surface area contributed by atoms with Crippen molar-refractivity contribution in [2.45, 2.75) is 19.6 Å². The largest absolute Gasteiger partial charge is 0.497 e. The fraction of sp³-hybridized carbons (Fsp3) is 0.353. The summed E-state index contributed by atoms with van der Waals surface area (Å²) in [6, 6.07) is 4.77. The number of imidazole rings is 1. The molecular formula is C17H22N5O7P. The van der Waals surface area contributed by atoms with Crippen LogP contribution >= 0.6 is 8.25 Å². The lowest BCUT2D eigenvalue weighted by molar-refractivity contribution is 0.192. The van der Waals surface area contributed by atoms with Gasteiger partial charge in [0.1, 0.15) is 12.4 Å². The highest BCUT2D eigenvalue weighted by molar-refractivity contribution is 7.32. The first-order valence-corrected chi connectivity index (χ1v) is 10.1. The summed E-state index contributed by atoms with van der Waals surface area (Å²) in [5.74, 6) is 0.518. The second-order valence-corrected chi connectivity index (χ2v) is 7.04. The minimum Gasteiger partial charge on any atom is -0.497 e. The summed E-state index contributed by atoms with van der Waals surface area (Å²) in [5.41, 5.74) is 7.62. The van der Waals surface area contributed by atoms with E-state index in [0.717, 1.165) is 0 Å². The maximum absolute atomic E-state index is 11.0. The number of aliphatic hydroxyl groups excluding tert-OH is 1. The van der Waals surface area contributed by atoms with Gasteiger partial charge in [0, 0.05) is 0 Å². The van der Waals surface area contributed by atoms with Crippen molar-refractivity contribution in [3.8, 4) is 17.8 Å². The van der Waals surface area contributed by atoms with Crippen molar-refractivity contribution in [2.75, 3.05) is 26.1 Å². The lowest BCUT2D eigenvalue weighted by Gasteiger charge is -2.15. The molecule has 0 saturated heterocycles. The van der Waals surface area contributed by atoms with Gasteiger partial charge in [0.15, 0.2) is 17.0 Å². The van der Waals surface area contributed by atoms with E-state index in [4.69, 9.17) is 29.7 Å². The van der Waals surface area contributed by atoms with Crippen LogP contribution in [0.5, 0.6) is 17.8 Å². The maximum atomic E-state index is 11.0. The van der Waals surface area contributed by atoms with Crippen LogP contribution in [0.4, 0.5) is 5.82 Å². The van der Waals surface area contributed by atoms with Gasteiger partial charge in [-0.1, -0.05) is 6.07 Å². The zero-order valence-electron chi connectivity index (χ0n) is 16.3. The number of rotatable bonds is 9. The van der Waals surface area contributed by atoms with E-state index < -0.39 is 14.4 Å². The van der Waals surface area contributed by atoms with Crippen molar-refractivity contribution < 1.29 is 33.7 Å². The molecule has 2 atom stereocenters. The molecule has 3 rings (SSSR count). The number of nitrogens with zero attached hydrogens (tertiary/aromatic N) is 4. The van der Waals surface area contributed by atoms with E-state index in [0.29, 0.717) is 16.9 Å². The first kappa shape index (κ1) is 21.8. The van der Waals surface area contributed by atoms with E-state index in [2.05, 4.69) is 15.0 Å². The summed E-state index contributed by atoms with van der Waals surface area (Å²) in [6.07, 6.45) is -0.653. The second-order valence-electron chi connectivity index (χ2n) is 6.27. The molecule has 2 aromatic heterocycles. The van der Waals surface area contributed by atoms with Crippen LogP contribution in [0.3, 0.4) is 0 Å². The molecule has 3 aromatic rings. The lowest BCUT2D eigenvalue weighted by atomic mass is 10.1. The number of aromatic hydroxyl groups is 1. The predicted molar refractivity (Wildman–Crippen MR) is 107 cm³/mol. The van der Waals surface area contributed by atoms with Gasteiger partial charge in [0.05, 0.1) is 26.4 Å². The van der Waals surface area contributed by atoms with Crippen LogP contribution in [0.1, 0.15) is 24.2 Å². The van der Waals surface area contributed by atoms with Gasteiger partial charge in [0.2, 0.25) is 0 Å². The van der Waals surface area contributed by atoms with Crippen LogP contribution in [-0.4, -0.2) is 54.9 Å². The molecule has 0 aliphatic heterocycles. The molecule has 13 heteroatoms. The third kappa shape index (κ3) is 4.79. The van der Waals surface area contributed by atoms with Crippen molar-refractivity contribution >= 4 is 25.2 Å². The number of nitrogens with two attached hydrogens (primary N) is 1. The first-order valence-electron chi connectivity index (χ1n) is 8.86. The average Bonchev–Trinajstić information content (AvgIpc) is 3.01. The van der Waals surface area contributed by atoms with Gasteiger partial charge in [0.25, 0.3) is 6.01 Å². The average molecular weight is 439 g/mol. The van der Waals surface area contributed by atoms with Gasteiger partial charge >= 0.3 is 14.3 Å². The third-order valence-electron chi connectivity index (χ3n) is 4.22. The molecule has 0 fully saturated rings. The Hall–Kier alpha value is -2.92. The molecular weight excluding hydrogens is 417 g/mol. The molecule has 12 nitrogen and oxygen atoms in total. The Labute approximate surface area is 171 Å². The number of aliphatic hydroxyl groups is 1. The van der Waals surface area contributed by atoms with Crippen LogP contribution in [0.25, 0.3) is 11.2 Å².